The summed E-state index contributed by atoms with van der Waals surface area (Å²) in [7, 11) is 0. The lowest BCUT2D eigenvalue weighted by atomic mass is 9.88. The lowest BCUT2D eigenvalue weighted by Crippen LogP contribution is -2.08. The Balaban J connectivity index is 1.16. The third kappa shape index (κ3) is 4.90. The van der Waals surface area contributed by atoms with Crippen molar-refractivity contribution in [3.8, 4) is 56.4 Å². The van der Waals surface area contributed by atoms with Crippen LogP contribution < -0.4 is 5.32 Å². The molecule has 9 aromatic rings. The fourth-order valence-electron chi connectivity index (χ4n) is 7.47. The van der Waals surface area contributed by atoms with Gasteiger partial charge in [-0.1, -0.05) is 140 Å². The minimum absolute atomic E-state index is 0.645. The molecule has 5 nitrogen and oxygen atoms in total. The summed E-state index contributed by atoms with van der Waals surface area (Å²) >= 11 is 0. The molecule has 2 aromatic heterocycles. The van der Waals surface area contributed by atoms with E-state index in [1.54, 1.807) is 0 Å². The van der Waals surface area contributed by atoms with Gasteiger partial charge in [0.1, 0.15) is 11.3 Å². The number of furan rings is 1. The molecule has 10 rings (SSSR count). The third-order valence-corrected chi connectivity index (χ3v) is 9.83. The van der Waals surface area contributed by atoms with Gasteiger partial charge < -0.3 is 9.73 Å². The Kier molecular flexibility index (Phi) is 6.81. The summed E-state index contributed by atoms with van der Waals surface area (Å²) in [6, 6.07) is 52.8. The van der Waals surface area contributed by atoms with Gasteiger partial charge in [0.05, 0.1) is 6.54 Å². The zero-order valence-electron chi connectivity index (χ0n) is 27.5. The Labute approximate surface area is 294 Å². The Morgan fingerprint density at radius 1 is 0.431 bits per heavy atom. The smallest absolute Gasteiger partial charge is 0.164 e. The van der Waals surface area contributed by atoms with Crippen LogP contribution in [0.3, 0.4) is 0 Å². The van der Waals surface area contributed by atoms with E-state index in [2.05, 4.69) is 102 Å². The van der Waals surface area contributed by atoms with Crippen LogP contribution in [0.2, 0.25) is 0 Å². The quantitative estimate of drug-likeness (QED) is 0.200. The fourth-order valence-corrected chi connectivity index (χ4v) is 7.47. The fraction of sp³-hybridized carbons (Fsp3) is 0.0217. The second-order valence-electron chi connectivity index (χ2n) is 12.8. The summed E-state index contributed by atoms with van der Waals surface area (Å²) in [5.74, 6) is 2.91. The second-order valence-corrected chi connectivity index (χ2v) is 12.8. The number of nitrogens with zero attached hydrogens (tertiary/aromatic N) is 3. The van der Waals surface area contributed by atoms with Gasteiger partial charge in [-0.05, 0) is 68.2 Å². The van der Waals surface area contributed by atoms with Gasteiger partial charge in [0.25, 0.3) is 0 Å². The molecule has 5 heteroatoms. The first kappa shape index (κ1) is 29.1. The first-order valence-corrected chi connectivity index (χ1v) is 17.2. The van der Waals surface area contributed by atoms with Crippen LogP contribution in [0, 0.1) is 0 Å². The van der Waals surface area contributed by atoms with Gasteiger partial charge in [0.2, 0.25) is 0 Å². The molecule has 0 saturated carbocycles. The molecule has 0 radical (unpaired) electrons. The molecule has 7 aromatic carbocycles. The summed E-state index contributed by atoms with van der Waals surface area (Å²) in [6.45, 7) is 0.689. The summed E-state index contributed by atoms with van der Waals surface area (Å²) in [5.41, 5.74) is 9.61. The molecule has 240 valence electrons. The summed E-state index contributed by atoms with van der Waals surface area (Å²) in [4.78, 5) is 15.0. The molecule has 3 heterocycles. The van der Waals surface area contributed by atoms with E-state index >= 15 is 0 Å². The number of hydrogen-bond acceptors (Lipinski definition) is 5. The van der Waals surface area contributed by atoms with Crippen LogP contribution in [0.1, 0.15) is 11.3 Å². The zero-order valence-corrected chi connectivity index (χ0v) is 27.5. The van der Waals surface area contributed by atoms with E-state index in [1.165, 1.54) is 27.5 Å². The van der Waals surface area contributed by atoms with Crippen molar-refractivity contribution in [1.82, 2.24) is 20.3 Å². The molecular formula is C46H30N4O. The van der Waals surface area contributed by atoms with Crippen LogP contribution in [0.4, 0.5) is 0 Å². The van der Waals surface area contributed by atoms with E-state index in [9.17, 15) is 0 Å². The third-order valence-electron chi connectivity index (χ3n) is 9.83. The predicted octanol–water partition coefficient (Wildman–Crippen LogP) is 11.3. The molecule has 0 spiro atoms. The van der Waals surface area contributed by atoms with Crippen molar-refractivity contribution >= 4 is 38.6 Å². The van der Waals surface area contributed by atoms with Crippen LogP contribution in [0.25, 0.3) is 95.0 Å². The van der Waals surface area contributed by atoms with Crippen LogP contribution in [-0.2, 0) is 6.54 Å². The lowest BCUT2D eigenvalue weighted by molar-refractivity contribution is 0.532. The van der Waals surface area contributed by atoms with Gasteiger partial charge in [0.15, 0.2) is 17.5 Å². The van der Waals surface area contributed by atoms with Gasteiger partial charge in [-0.25, -0.2) is 15.0 Å². The first-order valence-electron chi connectivity index (χ1n) is 17.2. The van der Waals surface area contributed by atoms with Crippen molar-refractivity contribution in [2.24, 2.45) is 0 Å². The lowest BCUT2D eigenvalue weighted by Gasteiger charge is -2.16. The summed E-state index contributed by atoms with van der Waals surface area (Å²) in [5, 5.41) is 9.04. The average Bonchev–Trinajstić information content (AvgIpc) is 3.60. The van der Waals surface area contributed by atoms with E-state index < -0.39 is 0 Å². The largest absolute Gasteiger partial charge is 0.459 e. The molecule has 0 bridgehead atoms. The summed E-state index contributed by atoms with van der Waals surface area (Å²) < 4.78 is 6.29. The SMILES string of the molecule is C1=Cc2c(oc3cccc(-c4ccc(-c5ccc(-c6nc(-c7ccccc7)nc(-c7ccccc7)n6)c6ccccc56)c5ccccc45)c23)CN1. The molecule has 1 aliphatic rings. The standard InChI is InChI=1S/C46H30N4O/c1-3-12-29(13-4-1)44-48-45(30-14-5-2-6-15-30)50-46(49-44)39-25-24-36(33-18-9-10-19-34(33)39)35-22-23-37(32-17-8-7-16-31(32)35)38-20-11-21-41-43(38)40-26-27-47-28-42(40)51-41/h1-27,47H,28H2. The van der Waals surface area contributed by atoms with Crippen molar-refractivity contribution in [3.63, 3.8) is 0 Å². The molecule has 0 fully saturated rings. The topological polar surface area (TPSA) is 63.8 Å². The molecular weight excluding hydrogens is 625 g/mol. The number of aromatic nitrogens is 3. The van der Waals surface area contributed by atoms with E-state index in [0.29, 0.717) is 24.0 Å². The van der Waals surface area contributed by atoms with Crippen LogP contribution in [-0.4, -0.2) is 15.0 Å². The van der Waals surface area contributed by atoms with Gasteiger partial charge in [-0.15, -0.1) is 0 Å². The number of nitrogens with one attached hydrogen (secondary N) is 1. The van der Waals surface area contributed by atoms with Gasteiger partial charge in [-0.3, -0.25) is 0 Å². The molecule has 0 saturated heterocycles. The molecule has 51 heavy (non-hydrogen) atoms. The van der Waals surface area contributed by atoms with Crippen molar-refractivity contribution in [3.05, 3.63) is 169 Å². The molecule has 1 N–H and O–H groups in total. The Morgan fingerprint density at radius 2 is 0.922 bits per heavy atom. The first-order chi connectivity index (χ1) is 25.3. The van der Waals surface area contributed by atoms with Crippen LogP contribution in [0.15, 0.2) is 162 Å². The maximum absolute atomic E-state index is 6.29. The van der Waals surface area contributed by atoms with Crippen molar-refractivity contribution < 1.29 is 4.42 Å². The maximum Gasteiger partial charge on any atom is 0.164 e. The van der Waals surface area contributed by atoms with E-state index in [0.717, 1.165) is 55.3 Å². The Hall–Kier alpha value is -6.85. The minimum atomic E-state index is 0.645. The van der Waals surface area contributed by atoms with E-state index in [4.69, 9.17) is 19.4 Å². The summed E-state index contributed by atoms with van der Waals surface area (Å²) in [6.07, 6.45) is 4.13. The minimum Gasteiger partial charge on any atom is -0.459 e. The average molecular weight is 655 g/mol. The number of hydrogen-bond donors (Lipinski definition) is 1. The Morgan fingerprint density at radius 3 is 1.51 bits per heavy atom. The van der Waals surface area contributed by atoms with Gasteiger partial charge in [0, 0.05) is 27.6 Å². The van der Waals surface area contributed by atoms with Crippen molar-refractivity contribution in [2.75, 3.05) is 0 Å². The molecule has 1 aliphatic heterocycles. The number of rotatable bonds is 5. The van der Waals surface area contributed by atoms with Gasteiger partial charge >= 0.3 is 0 Å². The second kappa shape index (κ2) is 11.9. The highest BCUT2D eigenvalue weighted by atomic mass is 16.3. The molecule has 0 aliphatic carbocycles. The number of benzene rings is 7. The molecule has 0 atom stereocenters. The van der Waals surface area contributed by atoms with Crippen molar-refractivity contribution in [2.45, 2.75) is 6.54 Å². The number of fused-ring (bicyclic) bond motifs is 5. The van der Waals surface area contributed by atoms with Crippen LogP contribution in [0.5, 0.6) is 0 Å². The van der Waals surface area contributed by atoms with E-state index in [1.807, 2.05) is 66.9 Å². The normalized spacial score (nSPS) is 12.3. The van der Waals surface area contributed by atoms with Crippen LogP contribution >= 0.6 is 0 Å². The molecule has 0 unspecified atom stereocenters. The predicted molar refractivity (Wildman–Crippen MR) is 208 cm³/mol. The highest BCUT2D eigenvalue weighted by Crippen LogP contribution is 2.43. The highest BCUT2D eigenvalue weighted by molar-refractivity contribution is 6.14. The van der Waals surface area contributed by atoms with Gasteiger partial charge in [-0.2, -0.15) is 0 Å². The molecule has 0 amide bonds. The monoisotopic (exact) mass is 654 g/mol. The highest BCUT2D eigenvalue weighted by Gasteiger charge is 2.21. The van der Waals surface area contributed by atoms with Crippen molar-refractivity contribution in [1.29, 1.82) is 0 Å². The Bertz CT molecular complexity index is 2740. The zero-order chi connectivity index (χ0) is 33.7. The van der Waals surface area contributed by atoms with E-state index in [-0.39, 0.29) is 0 Å². The maximum atomic E-state index is 6.29.